The number of nitrogens with one attached hydrogen (secondary N) is 3. The largest absolute Gasteiger partial charge is 0.478 e. The smallest absolute Gasteiger partial charge is 0.374 e. The molecule has 1 unspecified atom stereocenters. The monoisotopic (exact) mass is 543 g/mol. The molecule has 212 valence electrons. The maximum absolute atomic E-state index is 13.1. The Morgan fingerprint density at radius 2 is 1.47 bits per heavy atom. The lowest BCUT2D eigenvalue weighted by Crippen LogP contribution is -2.57. The van der Waals surface area contributed by atoms with Gasteiger partial charge in [0.15, 0.2) is 0 Å². The minimum absolute atomic E-state index is 0.00261. The molecule has 13 heteroatoms. The van der Waals surface area contributed by atoms with Gasteiger partial charge in [0.25, 0.3) is 5.78 Å². The van der Waals surface area contributed by atoms with Gasteiger partial charge in [-0.2, -0.15) is 5.48 Å². The summed E-state index contributed by atoms with van der Waals surface area (Å²) in [4.78, 5) is 65.3. The van der Waals surface area contributed by atoms with Gasteiger partial charge in [-0.25, -0.2) is 18.4 Å². The van der Waals surface area contributed by atoms with Crippen LogP contribution in [0.1, 0.15) is 62.9 Å². The Labute approximate surface area is 219 Å². The van der Waals surface area contributed by atoms with Crippen molar-refractivity contribution in [3.63, 3.8) is 0 Å². The number of amides is 2. The summed E-state index contributed by atoms with van der Waals surface area (Å²) in [6.45, 7) is 7.12. The molecule has 38 heavy (non-hydrogen) atoms. The summed E-state index contributed by atoms with van der Waals surface area (Å²) < 4.78 is 25.8. The topological polar surface area (TPSA) is 171 Å². The molecule has 0 heterocycles. The number of halogens is 2. The number of aromatic carboxylic acids is 1. The molecule has 0 fully saturated rings. The summed E-state index contributed by atoms with van der Waals surface area (Å²) in [6.07, 6.45) is -3.59. The molecule has 0 saturated heterocycles. The normalized spacial score (nSPS) is 14.4. The molecule has 0 aliphatic heterocycles. The molecule has 0 aliphatic rings. The van der Waals surface area contributed by atoms with E-state index in [-0.39, 0.29) is 30.4 Å². The van der Waals surface area contributed by atoms with Crippen molar-refractivity contribution < 1.29 is 47.8 Å². The second-order valence-corrected chi connectivity index (χ2v) is 9.32. The highest BCUT2D eigenvalue weighted by molar-refractivity contribution is 6.35. The molecular weight excluding hydrogens is 508 g/mol. The molecule has 1 aromatic carbocycles. The molecular formula is C25H35F2N3O8. The molecule has 0 spiro atoms. The van der Waals surface area contributed by atoms with Crippen LogP contribution >= 0.6 is 0 Å². The number of alkyl halides is 2. The standard InChI is InChI=1S/C25H35F2N3O8/c1-5-14(4)20(30-38-12-15-6-8-16(9-7-15)24(34)35)23(33)29-18(10-13(2)3)22(32)28-17(11-19(26)27)21(31)25(36)37/h6-9,13-14,17-20,30H,5,10-12H2,1-4H3,(H,28,32)(H,29,33)(H,34,35)(H,36,37)/t14?,17-,18-,20-/m0/s1. The zero-order valence-corrected chi connectivity index (χ0v) is 21.7. The lowest BCUT2D eigenvalue weighted by atomic mass is 9.97. The minimum atomic E-state index is -3.04. The van der Waals surface area contributed by atoms with Gasteiger partial charge in [-0.05, 0) is 36.0 Å². The van der Waals surface area contributed by atoms with Crippen LogP contribution in [0.15, 0.2) is 24.3 Å². The van der Waals surface area contributed by atoms with E-state index >= 15 is 0 Å². The van der Waals surface area contributed by atoms with Crippen molar-refractivity contribution in [3.8, 4) is 0 Å². The Bertz CT molecular complexity index is 972. The van der Waals surface area contributed by atoms with Crippen molar-refractivity contribution >= 4 is 29.5 Å². The first-order chi connectivity index (χ1) is 17.8. The Morgan fingerprint density at radius 1 is 0.895 bits per heavy atom. The Kier molecular flexibility index (Phi) is 13.5. The Morgan fingerprint density at radius 3 is 1.95 bits per heavy atom. The Hall–Kier alpha value is -3.45. The molecule has 0 aromatic heterocycles. The zero-order chi connectivity index (χ0) is 29.0. The number of ketones is 1. The summed E-state index contributed by atoms with van der Waals surface area (Å²) in [5.41, 5.74) is 3.40. The maximum Gasteiger partial charge on any atom is 0.374 e. The number of hydrogen-bond acceptors (Lipinski definition) is 7. The van der Waals surface area contributed by atoms with Crippen molar-refractivity contribution in [2.75, 3.05) is 0 Å². The summed E-state index contributed by atoms with van der Waals surface area (Å²) >= 11 is 0. The van der Waals surface area contributed by atoms with E-state index in [0.29, 0.717) is 12.0 Å². The number of benzene rings is 1. The van der Waals surface area contributed by atoms with Crippen LogP contribution in [-0.2, 0) is 30.6 Å². The summed E-state index contributed by atoms with van der Waals surface area (Å²) in [7, 11) is 0. The third-order valence-electron chi connectivity index (χ3n) is 5.74. The van der Waals surface area contributed by atoms with Crippen LogP contribution in [0.4, 0.5) is 8.78 Å². The number of rotatable bonds is 17. The highest BCUT2D eigenvalue weighted by Gasteiger charge is 2.34. The third-order valence-corrected chi connectivity index (χ3v) is 5.74. The van der Waals surface area contributed by atoms with E-state index in [9.17, 15) is 32.8 Å². The van der Waals surface area contributed by atoms with E-state index < -0.39 is 60.5 Å². The second kappa shape index (κ2) is 15.7. The van der Waals surface area contributed by atoms with Crippen LogP contribution in [0.25, 0.3) is 0 Å². The number of hydrogen-bond donors (Lipinski definition) is 5. The van der Waals surface area contributed by atoms with Crippen LogP contribution in [0.5, 0.6) is 0 Å². The van der Waals surface area contributed by atoms with Crippen LogP contribution in [0.2, 0.25) is 0 Å². The van der Waals surface area contributed by atoms with Crippen molar-refractivity contribution in [2.24, 2.45) is 11.8 Å². The van der Waals surface area contributed by atoms with E-state index in [1.54, 1.807) is 32.9 Å². The minimum Gasteiger partial charge on any atom is -0.478 e. The highest BCUT2D eigenvalue weighted by atomic mass is 19.3. The molecule has 5 N–H and O–H groups in total. The molecule has 0 bridgehead atoms. The number of carbonyl (C=O) groups is 5. The van der Waals surface area contributed by atoms with Gasteiger partial charge in [0.2, 0.25) is 18.2 Å². The van der Waals surface area contributed by atoms with Crippen LogP contribution in [-0.4, -0.2) is 64.3 Å². The van der Waals surface area contributed by atoms with E-state index in [2.05, 4.69) is 10.8 Å². The average Bonchev–Trinajstić information content (AvgIpc) is 2.84. The van der Waals surface area contributed by atoms with E-state index in [1.165, 1.54) is 12.1 Å². The van der Waals surface area contributed by atoms with E-state index in [1.807, 2.05) is 12.2 Å². The Balaban J connectivity index is 2.96. The van der Waals surface area contributed by atoms with Crippen LogP contribution in [0.3, 0.4) is 0 Å². The molecule has 1 rings (SSSR count). The van der Waals surface area contributed by atoms with Crippen molar-refractivity contribution in [1.29, 1.82) is 0 Å². The summed E-state index contributed by atoms with van der Waals surface area (Å²) in [5, 5.41) is 22.5. The van der Waals surface area contributed by atoms with Gasteiger partial charge in [0, 0.05) is 6.42 Å². The van der Waals surface area contributed by atoms with Gasteiger partial charge >= 0.3 is 11.9 Å². The number of Topliss-reactive ketones (excluding diaryl/α,β-unsaturated/α-hetero) is 1. The first kappa shape index (κ1) is 32.6. The molecule has 11 nitrogen and oxygen atoms in total. The molecule has 0 saturated carbocycles. The fourth-order valence-corrected chi connectivity index (χ4v) is 3.42. The predicted octanol–water partition coefficient (Wildman–Crippen LogP) is 2.15. The molecule has 0 radical (unpaired) electrons. The van der Waals surface area contributed by atoms with Crippen molar-refractivity contribution in [1.82, 2.24) is 16.1 Å². The number of carboxylic acid groups (broad SMARTS) is 2. The average molecular weight is 544 g/mol. The summed E-state index contributed by atoms with van der Waals surface area (Å²) in [5.74, 6) is -6.61. The van der Waals surface area contributed by atoms with Gasteiger partial charge in [-0.3, -0.25) is 19.2 Å². The third kappa shape index (κ3) is 10.9. The number of aliphatic carboxylic acids is 1. The quantitative estimate of drug-likeness (QED) is 0.146. The molecule has 1 aromatic rings. The molecule has 2 amide bonds. The fourth-order valence-electron chi connectivity index (χ4n) is 3.42. The SMILES string of the molecule is CCC(C)[C@H](NOCc1ccc(C(=O)O)cc1)C(=O)N[C@@H](CC(C)C)C(=O)N[C@@H](CC(F)F)C(=O)C(=O)O. The lowest BCUT2D eigenvalue weighted by molar-refractivity contribution is -0.151. The lowest BCUT2D eigenvalue weighted by Gasteiger charge is -2.27. The van der Waals surface area contributed by atoms with Gasteiger partial charge < -0.3 is 20.8 Å². The zero-order valence-electron chi connectivity index (χ0n) is 21.7. The second-order valence-electron chi connectivity index (χ2n) is 9.32. The number of carboxylic acids is 2. The van der Waals surface area contributed by atoms with Crippen molar-refractivity contribution in [3.05, 3.63) is 35.4 Å². The van der Waals surface area contributed by atoms with Crippen molar-refractivity contribution in [2.45, 2.75) is 78.1 Å². The van der Waals surface area contributed by atoms with Gasteiger partial charge in [-0.15, -0.1) is 0 Å². The summed E-state index contributed by atoms with van der Waals surface area (Å²) in [6, 6.07) is 1.81. The van der Waals surface area contributed by atoms with Gasteiger partial charge in [0.05, 0.1) is 12.2 Å². The number of hydroxylamine groups is 1. The molecule has 0 aliphatic carbocycles. The first-order valence-electron chi connectivity index (χ1n) is 12.1. The van der Waals surface area contributed by atoms with E-state index in [0.717, 1.165) is 0 Å². The fraction of sp³-hybridized carbons (Fsp3) is 0.560. The maximum atomic E-state index is 13.1. The van der Waals surface area contributed by atoms with Gasteiger partial charge in [0.1, 0.15) is 18.1 Å². The van der Waals surface area contributed by atoms with Crippen LogP contribution < -0.4 is 16.1 Å². The predicted molar refractivity (Wildman–Crippen MR) is 131 cm³/mol. The molecule has 4 atom stereocenters. The number of carbonyl (C=O) groups excluding carboxylic acids is 3. The van der Waals surface area contributed by atoms with Gasteiger partial charge in [-0.1, -0.05) is 46.2 Å². The highest BCUT2D eigenvalue weighted by Crippen LogP contribution is 2.13. The van der Waals surface area contributed by atoms with E-state index in [4.69, 9.17) is 15.1 Å². The van der Waals surface area contributed by atoms with Crippen LogP contribution in [0, 0.1) is 11.8 Å². The first-order valence-corrected chi connectivity index (χ1v) is 12.1.